The molecule has 0 aliphatic rings. The minimum atomic E-state index is -3.49. The van der Waals surface area contributed by atoms with E-state index in [1.54, 1.807) is 12.3 Å². The Labute approximate surface area is 150 Å². The number of aromatic nitrogens is 2. The zero-order chi connectivity index (χ0) is 18.0. The van der Waals surface area contributed by atoms with E-state index in [2.05, 4.69) is 9.97 Å². The van der Waals surface area contributed by atoms with Crippen LogP contribution in [0.15, 0.2) is 58.7 Å². The maximum absolute atomic E-state index is 12.4. The van der Waals surface area contributed by atoms with E-state index in [0.29, 0.717) is 10.6 Å². The van der Waals surface area contributed by atoms with Crippen LogP contribution in [-0.4, -0.2) is 48.3 Å². The minimum Gasteiger partial charge on any atom is -0.360 e. The van der Waals surface area contributed by atoms with Crippen LogP contribution in [0, 0.1) is 0 Å². The number of ketones is 1. The third-order valence-corrected chi connectivity index (χ3v) is 6.47. The van der Waals surface area contributed by atoms with Crippen molar-refractivity contribution in [3.8, 4) is 0 Å². The van der Waals surface area contributed by atoms with E-state index < -0.39 is 10.0 Å². The van der Waals surface area contributed by atoms with Crippen LogP contribution >= 0.6 is 11.8 Å². The number of carbonyl (C=O) groups excluding carboxylic acids is 1. The first-order valence-electron chi connectivity index (χ1n) is 7.50. The number of hydrogen-bond acceptors (Lipinski definition) is 5. The van der Waals surface area contributed by atoms with E-state index in [1.807, 2.05) is 24.3 Å². The fourth-order valence-corrected chi connectivity index (χ4v) is 3.91. The fraction of sp³-hybridized carbons (Fsp3) is 0.176. The number of hydrogen-bond donors (Lipinski definition) is 1. The van der Waals surface area contributed by atoms with Crippen molar-refractivity contribution in [2.75, 3.05) is 19.8 Å². The highest BCUT2D eigenvalue weighted by molar-refractivity contribution is 7.99. The van der Waals surface area contributed by atoms with Crippen molar-refractivity contribution < 1.29 is 13.2 Å². The number of rotatable bonds is 6. The number of para-hydroxylation sites is 1. The van der Waals surface area contributed by atoms with Crippen LogP contribution in [0.5, 0.6) is 0 Å². The lowest BCUT2D eigenvalue weighted by Gasteiger charge is -2.10. The van der Waals surface area contributed by atoms with E-state index in [0.717, 1.165) is 15.2 Å². The average Bonchev–Trinajstić information content (AvgIpc) is 3.04. The first kappa shape index (κ1) is 17.7. The molecule has 0 bridgehead atoms. The Kier molecular flexibility index (Phi) is 4.94. The monoisotopic (exact) mass is 375 g/mol. The summed E-state index contributed by atoms with van der Waals surface area (Å²) in [6.07, 6.45) is 3.03. The number of aromatic amines is 1. The first-order chi connectivity index (χ1) is 11.9. The van der Waals surface area contributed by atoms with Crippen molar-refractivity contribution in [2.45, 2.75) is 9.92 Å². The van der Waals surface area contributed by atoms with Crippen LogP contribution in [0.3, 0.4) is 0 Å². The molecule has 0 unspecified atom stereocenters. The van der Waals surface area contributed by atoms with Crippen LogP contribution in [0.1, 0.15) is 10.4 Å². The summed E-state index contributed by atoms with van der Waals surface area (Å²) < 4.78 is 25.2. The summed E-state index contributed by atoms with van der Waals surface area (Å²) in [4.78, 5) is 19.8. The Bertz CT molecular complexity index is 1010. The second-order valence-corrected chi connectivity index (χ2v) is 8.73. The molecule has 130 valence electrons. The summed E-state index contributed by atoms with van der Waals surface area (Å²) in [5.41, 5.74) is 1.57. The molecule has 0 atom stereocenters. The minimum absolute atomic E-state index is 0.00533. The summed E-state index contributed by atoms with van der Waals surface area (Å²) in [7, 11) is -0.554. The predicted molar refractivity (Wildman–Crippen MR) is 98.5 cm³/mol. The molecule has 8 heteroatoms. The number of fused-ring (bicyclic) bond motifs is 1. The highest BCUT2D eigenvalue weighted by Gasteiger charge is 2.18. The normalized spacial score (nSPS) is 12.0. The van der Waals surface area contributed by atoms with Crippen molar-refractivity contribution in [3.05, 3.63) is 54.4 Å². The van der Waals surface area contributed by atoms with E-state index in [1.165, 1.54) is 38.1 Å². The van der Waals surface area contributed by atoms with Crippen LogP contribution < -0.4 is 0 Å². The molecule has 6 nitrogen and oxygen atoms in total. The number of sulfonamides is 1. The van der Waals surface area contributed by atoms with E-state index >= 15 is 0 Å². The summed E-state index contributed by atoms with van der Waals surface area (Å²) in [5.74, 6) is 0.225. The van der Waals surface area contributed by atoms with Gasteiger partial charge in [-0.3, -0.25) is 4.79 Å². The van der Waals surface area contributed by atoms with E-state index in [4.69, 9.17) is 0 Å². The van der Waals surface area contributed by atoms with Crippen LogP contribution in [-0.2, 0) is 10.0 Å². The number of benzene rings is 1. The van der Waals surface area contributed by atoms with Gasteiger partial charge in [0.15, 0.2) is 5.78 Å². The standard InChI is InChI=1S/C17H17N3O3S2/c1-20(2)25(22,23)12-7-8-17(19-9-12)24-11-16(21)14-10-18-15-6-4-3-5-13(14)15/h3-10,18H,11H2,1-2H3. The fourth-order valence-electron chi connectivity index (χ4n) is 2.33. The zero-order valence-corrected chi connectivity index (χ0v) is 15.4. The number of pyridine rings is 1. The van der Waals surface area contributed by atoms with Gasteiger partial charge >= 0.3 is 0 Å². The lowest BCUT2D eigenvalue weighted by atomic mass is 10.1. The van der Waals surface area contributed by atoms with Gasteiger partial charge in [0.1, 0.15) is 4.90 Å². The molecule has 0 radical (unpaired) electrons. The topological polar surface area (TPSA) is 83.1 Å². The number of thioether (sulfide) groups is 1. The van der Waals surface area contributed by atoms with Crippen molar-refractivity contribution in [3.63, 3.8) is 0 Å². The molecule has 3 rings (SSSR count). The predicted octanol–water partition coefficient (Wildman–Crippen LogP) is 2.79. The molecule has 0 aliphatic carbocycles. The molecule has 1 N–H and O–H groups in total. The van der Waals surface area contributed by atoms with Gasteiger partial charge in [-0.05, 0) is 18.2 Å². The van der Waals surface area contributed by atoms with Gasteiger partial charge in [0.2, 0.25) is 10.0 Å². The lowest BCUT2D eigenvalue weighted by Crippen LogP contribution is -2.22. The Balaban J connectivity index is 1.70. The highest BCUT2D eigenvalue weighted by atomic mass is 32.2. The quantitative estimate of drug-likeness (QED) is 0.529. The maximum Gasteiger partial charge on any atom is 0.244 e. The van der Waals surface area contributed by atoms with E-state index in [9.17, 15) is 13.2 Å². The second-order valence-electron chi connectivity index (χ2n) is 5.58. The lowest BCUT2D eigenvalue weighted by molar-refractivity contribution is 0.102. The van der Waals surface area contributed by atoms with Crippen LogP contribution in [0.4, 0.5) is 0 Å². The van der Waals surface area contributed by atoms with Gasteiger partial charge in [-0.25, -0.2) is 17.7 Å². The highest BCUT2D eigenvalue weighted by Crippen LogP contribution is 2.23. The molecule has 2 aromatic heterocycles. The van der Waals surface area contributed by atoms with Crippen LogP contribution in [0.25, 0.3) is 10.9 Å². The number of Topliss-reactive ketones (excluding diaryl/α,β-unsaturated/α-hetero) is 1. The Morgan fingerprint density at radius 2 is 1.96 bits per heavy atom. The molecule has 0 fully saturated rings. The Morgan fingerprint density at radius 3 is 2.64 bits per heavy atom. The van der Waals surface area contributed by atoms with Gasteiger partial charge in [-0.1, -0.05) is 30.0 Å². The molecule has 3 aromatic rings. The Morgan fingerprint density at radius 1 is 1.20 bits per heavy atom. The van der Waals surface area contributed by atoms with Gasteiger partial charge in [0.25, 0.3) is 0 Å². The number of carbonyl (C=O) groups is 1. The van der Waals surface area contributed by atoms with Crippen molar-refractivity contribution in [1.82, 2.24) is 14.3 Å². The number of nitrogens with zero attached hydrogens (tertiary/aromatic N) is 2. The van der Waals surface area contributed by atoms with E-state index in [-0.39, 0.29) is 16.4 Å². The summed E-state index contributed by atoms with van der Waals surface area (Å²) >= 11 is 1.28. The summed E-state index contributed by atoms with van der Waals surface area (Å²) in [5, 5.41) is 1.50. The molecular weight excluding hydrogens is 358 g/mol. The average molecular weight is 375 g/mol. The van der Waals surface area contributed by atoms with Crippen molar-refractivity contribution in [2.24, 2.45) is 0 Å². The van der Waals surface area contributed by atoms with Crippen LogP contribution in [0.2, 0.25) is 0 Å². The largest absolute Gasteiger partial charge is 0.360 e. The molecular formula is C17H17N3O3S2. The van der Waals surface area contributed by atoms with Gasteiger partial charge in [-0.2, -0.15) is 0 Å². The molecule has 0 aliphatic heterocycles. The molecule has 25 heavy (non-hydrogen) atoms. The summed E-state index contributed by atoms with van der Waals surface area (Å²) in [6, 6.07) is 10.7. The second kappa shape index (κ2) is 6.99. The molecule has 0 amide bonds. The van der Waals surface area contributed by atoms with Gasteiger partial charge in [0.05, 0.1) is 10.8 Å². The summed E-state index contributed by atoms with van der Waals surface area (Å²) in [6.45, 7) is 0. The van der Waals surface area contributed by atoms with Gasteiger partial charge in [0, 0.05) is 43.0 Å². The third-order valence-electron chi connectivity index (χ3n) is 3.73. The smallest absolute Gasteiger partial charge is 0.244 e. The molecule has 0 spiro atoms. The van der Waals surface area contributed by atoms with Crippen molar-refractivity contribution >= 4 is 38.5 Å². The third kappa shape index (κ3) is 3.60. The maximum atomic E-state index is 12.4. The number of H-pyrrole nitrogens is 1. The first-order valence-corrected chi connectivity index (χ1v) is 9.93. The van der Waals surface area contributed by atoms with Gasteiger partial charge < -0.3 is 4.98 Å². The van der Waals surface area contributed by atoms with Crippen molar-refractivity contribution in [1.29, 1.82) is 0 Å². The van der Waals surface area contributed by atoms with Gasteiger partial charge in [-0.15, -0.1) is 0 Å². The molecule has 1 aromatic carbocycles. The number of nitrogens with one attached hydrogen (secondary N) is 1. The Hall–Kier alpha value is -2.16. The molecule has 0 saturated carbocycles. The zero-order valence-electron chi connectivity index (χ0n) is 13.8. The molecule has 2 heterocycles. The molecule has 0 saturated heterocycles. The SMILES string of the molecule is CN(C)S(=O)(=O)c1ccc(SCC(=O)c2c[nH]c3ccccc23)nc1.